The Bertz CT molecular complexity index is 780. The quantitative estimate of drug-likeness (QED) is 0.547. The largest absolute Gasteiger partial charge is 0.382 e. The predicted molar refractivity (Wildman–Crippen MR) is 105 cm³/mol. The van der Waals surface area contributed by atoms with Crippen molar-refractivity contribution in [2.24, 2.45) is 0 Å². The average Bonchev–Trinajstić information content (AvgIpc) is 2.61. The highest BCUT2D eigenvalue weighted by Gasteiger charge is 2.10. The number of urea groups is 1. The number of benzene rings is 1. The van der Waals surface area contributed by atoms with Crippen LogP contribution in [0, 0.1) is 13.8 Å². The number of thioether (sulfide) groups is 1. The van der Waals surface area contributed by atoms with Gasteiger partial charge in [-0.1, -0.05) is 30.0 Å². The van der Waals surface area contributed by atoms with Crippen molar-refractivity contribution in [3.8, 4) is 0 Å². The molecule has 0 saturated carbocycles. The van der Waals surface area contributed by atoms with Gasteiger partial charge >= 0.3 is 6.03 Å². The monoisotopic (exact) mass is 375 g/mol. The molecule has 2 N–H and O–H groups in total. The van der Waals surface area contributed by atoms with E-state index in [2.05, 4.69) is 15.6 Å². The van der Waals surface area contributed by atoms with E-state index in [1.54, 1.807) is 0 Å². The van der Waals surface area contributed by atoms with Gasteiger partial charge in [-0.2, -0.15) is 0 Å². The Morgan fingerprint density at radius 1 is 1.23 bits per heavy atom. The molecule has 0 radical (unpaired) electrons. The molecule has 0 spiro atoms. The van der Waals surface area contributed by atoms with Gasteiger partial charge in [0.15, 0.2) is 0 Å². The Labute approximate surface area is 158 Å². The van der Waals surface area contributed by atoms with Gasteiger partial charge in [-0.05, 0) is 44.4 Å². The van der Waals surface area contributed by atoms with Crippen molar-refractivity contribution in [2.75, 3.05) is 25.5 Å². The van der Waals surface area contributed by atoms with Crippen LogP contribution in [0.4, 0.5) is 4.79 Å². The average molecular weight is 375 g/mol. The fourth-order valence-electron chi connectivity index (χ4n) is 2.47. The Hall–Kier alpha value is -2.12. The molecule has 2 rings (SSSR count). The molecule has 0 aliphatic rings. The molecule has 0 fully saturated rings. The van der Waals surface area contributed by atoms with Crippen LogP contribution in [0.15, 0.2) is 29.3 Å². The van der Waals surface area contributed by atoms with Crippen LogP contribution in [0.2, 0.25) is 0 Å². The van der Waals surface area contributed by atoms with Crippen LogP contribution in [0.5, 0.6) is 0 Å². The van der Waals surface area contributed by atoms with Crippen molar-refractivity contribution in [2.45, 2.75) is 32.2 Å². The first-order valence-corrected chi connectivity index (χ1v) is 9.65. The van der Waals surface area contributed by atoms with Gasteiger partial charge in [-0.3, -0.25) is 10.1 Å². The van der Waals surface area contributed by atoms with E-state index in [1.165, 1.54) is 11.8 Å². The van der Waals surface area contributed by atoms with E-state index in [0.717, 1.165) is 27.1 Å². The predicted octanol–water partition coefficient (Wildman–Crippen LogP) is 3.20. The van der Waals surface area contributed by atoms with Crippen molar-refractivity contribution in [1.82, 2.24) is 15.6 Å². The lowest BCUT2D eigenvalue weighted by Gasteiger charge is -2.09. The van der Waals surface area contributed by atoms with Crippen molar-refractivity contribution in [1.29, 1.82) is 0 Å². The van der Waals surface area contributed by atoms with Crippen LogP contribution in [0.1, 0.15) is 24.5 Å². The highest BCUT2D eigenvalue weighted by molar-refractivity contribution is 7.99. The van der Waals surface area contributed by atoms with E-state index in [1.807, 2.05) is 45.0 Å². The van der Waals surface area contributed by atoms with Gasteiger partial charge < -0.3 is 10.1 Å². The number of nitrogens with one attached hydrogen (secondary N) is 2. The molecule has 1 heterocycles. The van der Waals surface area contributed by atoms with E-state index in [-0.39, 0.29) is 11.7 Å². The summed E-state index contributed by atoms with van der Waals surface area (Å²) in [6.07, 6.45) is 0.712. The number of carbonyl (C=O) groups excluding carboxylic acids is 2. The number of nitrogens with zero attached hydrogens (tertiary/aromatic N) is 1. The van der Waals surface area contributed by atoms with E-state index in [0.29, 0.717) is 26.2 Å². The lowest BCUT2D eigenvalue weighted by atomic mass is 10.1. The maximum Gasteiger partial charge on any atom is 0.321 e. The van der Waals surface area contributed by atoms with Gasteiger partial charge in [-0.15, -0.1) is 0 Å². The van der Waals surface area contributed by atoms with Crippen LogP contribution in [-0.4, -0.2) is 42.4 Å². The summed E-state index contributed by atoms with van der Waals surface area (Å²) >= 11 is 1.32. The first-order valence-electron chi connectivity index (χ1n) is 8.66. The minimum absolute atomic E-state index is 0.135. The second-order valence-corrected chi connectivity index (χ2v) is 6.89. The maximum absolute atomic E-state index is 11.9. The molecule has 1 aromatic heterocycles. The summed E-state index contributed by atoms with van der Waals surface area (Å²) in [5.74, 6) is -0.211. The van der Waals surface area contributed by atoms with Crippen LogP contribution in [0.25, 0.3) is 10.9 Å². The number of para-hydroxylation sites is 1. The zero-order chi connectivity index (χ0) is 18.9. The Kier molecular flexibility index (Phi) is 7.87. The number of aryl methyl sites for hydroxylation is 2. The minimum atomic E-state index is -0.481. The summed E-state index contributed by atoms with van der Waals surface area (Å²) in [7, 11) is 0. The topological polar surface area (TPSA) is 80.3 Å². The summed E-state index contributed by atoms with van der Waals surface area (Å²) < 4.78 is 5.18. The van der Waals surface area contributed by atoms with Crippen LogP contribution in [-0.2, 0) is 9.53 Å². The molecule has 26 heavy (non-hydrogen) atoms. The molecule has 140 valence electrons. The molecule has 3 amide bonds. The van der Waals surface area contributed by atoms with Gasteiger partial charge in [-0.25, -0.2) is 9.78 Å². The van der Waals surface area contributed by atoms with E-state index >= 15 is 0 Å². The first-order chi connectivity index (χ1) is 12.5. The smallest absolute Gasteiger partial charge is 0.321 e. The number of aromatic nitrogens is 1. The highest BCUT2D eigenvalue weighted by Crippen LogP contribution is 2.25. The highest BCUT2D eigenvalue weighted by atomic mass is 32.2. The summed E-state index contributed by atoms with van der Waals surface area (Å²) in [4.78, 5) is 28.2. The normalized spacial score (nSPS) is 10.7. The zero-order valence-corrected chi connectivity index (χ0v) is 16.2. The first kappa shape index (κ1) is 20.2. The summed E-state index contributed by atoms with van der Waals surface area (Å²) in [5, 5.41) is 6.85. The van der Waals surface area contributed by atoms with Crippen molar-refractivity contribution in [3.63, 3.8) is 0 Å². The summed E-state index contributed by atoms with van der Waals surface area (Å²) in [6.45, 7) is 7.69. The molecule has 0 unspecified atom stereocenters. The van der Waals surface area contributed by atoms with E-state index in [4.69, 9.17) is 4.74 Å². The lowest BCUT2D eigenvalue weighted by Crippen LogP contribution is -2.40. The third-order valence-corrected chi connectivity index (χ3v) is 4.70. The van der Waals surface area contributed by atoms with Crippen LogP contribution >= 0.6 is 11.8 Å². The van der Waals surface area contributed by atoms with Gasteiger partial charge in [0.25, 0.3) is 0 Å². The fraction of sp³-hybridized carbons (Fsp3) is 0.421. The Morgan fingerprint density at radius 3 is 2.81 bits per heavy atom. The third kappa shape index (κ3) is 6.00. The number of hydrogen-bond acceptors (Lipinski definition) is 5. The summed E-state index contributed by atoms with van der Waals surface area (Å²) in [5.41, 5.74) is 3.17. The van der Waals surface area contributed by atoms with Gasteiger partial charge in [0.2, 0.25) is 5.91 Å². The number of amides is 3. The third-order valence-electron chi connectivity index (χ3n) is 3.78. The minimum Gasteiger partial charge on any atom is -0.382 e. The van der Waals surface area contributed by atoms with Crippen molar-refractivity contribution < 1.29 is 14.3 Å². The number of imide groups is 1. The molecule has 0 atom stereocenters. The van der Waals surface area contributed by atoms with E-state index in [9.17, 15) is 9.59 Å². The number of hydrogen-bond donors (Lipinski definition) is 2. The van der Waals surface area contributed by atoms with E-state index < -0.39 is 6.03 Å². The lowest BCUT2D eigenvalue weighted by molar-refractivity contribution is -0.117. The Balaban J connectivity index is 1.83. The Morgan fingerprint density at radius 2 is 2.04 bits per heavy atom. The van der Waals surface area contributed by atoms with Crippen molar-refractivity contribution >= 4 is 34.6 Å². The van der Waals surface area contributed by atoms with Gasteiger partial charge in [0.05, 0.1) is 16.3 Å². The molecule has 6 nitrogen and oxygen atoms in total. The van der Waals surface area contributed by atoms with Gasteiger partial charge in [0, 0.05) is 25.1 Å². The summed E-state index contributed by atoms with van der Waals surface area (Å²) in [6, 6.07) is 7.56. The number of ether oxygens (including phenoxy) is 1. The number of fused-ring (bicyclic) bond motifs is 1. The number of carbonyl (C=O) groups is 2. The zero-order valence-electron chi connectivity index (χ0n) is 15.4. The molecule has 0 aliphatic heterocycles. The van der Waals surface area contributed by atoms with Crippen LogP contribution in [0.3, 0.4) is 0 Å². The molecular weight excluding hydrogens is 350 g/mol. The van der Waals surface area contributed by atoms with Crippen LogP contribution < -0.4 is 10.6 Å². The second-order valence-electron chi connectivity index (χ2n) is 5.89. The standard InChI is InChI=1S/C19H25N3O3S/c1-4-25-10-6-9-20-19(24)21-16(23)12-26-17-11-14(3)15-8-5-7-13(2)18(15)22-17/h5,7-8,11H,4,6,9-10,12H2,1-3H3,(H2,20,21,23,24). The molecule has 1 aromatic carbocycles. The van der Waals surface area contributed by atoms with Crippen molar-refractivity contribution in [3.05, 3.63) is 35.4 Å². The molecule has 0 bridgehead atoms. The number of pyridine rings is 1. The molecule has 7 heteroatoms. The maximum atomic E-state index is 11.9. The van der Waals surface area contributed by atoms with Gasteiger partial charge in [0.1, 0.15) is 0 Å². The molecule has 2 aromatic rings. The number of rotatable bonds is 8. The molecular formula is C19H25N3O3S. The fourth-order valence-corrected chi connectivity index (χ4v) is 3.24. The second kappa shape index (κ2) is 10.1. The molecule has 0 saturated heterocycles. The SMILES string of the molecule is CCOCCCNC(=O)NC(=O)CSc1cc(C)c2cccc(C)c2n1. The molecule has 0 aliphatic carbocycles.